The van der Waals surface area contributed by atoms with Crippen molar-refractivity contribution >= 4 is 88.0 Å². The van der Waals surface area contributed by atoms with Crippen LogP contribution in [-0.4, -0.2) is 14.2 Å². The van der Waals surface area contributed by atoms with Gasteiger partial charge in [0.1, 0.15) is 11.5 Å². The number of benzene rings is 1. The molecule has 0 atom stereocenters. The van der Waals surface area contributed by atoms with E-state index in [0.29, 0.717) is 0 Å². The van der Waals surface area contributed by atoms with Gasteiger partial charge in [0.2, 0.25) is 0 Å². The molecule has 1 aromatic carbocycles. The number of hydrogen-bond acceptors (Lipinski definition) is 4. The summed E-state index contributed by atoms with van der Waals surface area (Å²) in [7, 11) is 3.47. The van der Waals surface area contributed by atoms with Crippen LogP contribution < -0.4 is 9.47 Å². The molecule has 0 aliphatic carbocycles. The van der Waals surface area contributed by atoms with E-state index in [2.05, 4.69) is 57.3 Å². The fraction of sp³-hybridized carbons (Fsp3) is 0.167. The van der Waals surface area contributed by atoms with Crippen LogP contribution in [-0.2, 0) is 0 Å². The second-order valence-corrected chi connectivity index (χ2v) is 9.55. The number of ether oxygens (including phenoxy) is 2. The highest BCUT2D eigenvalue weighted by Crippen LogP contribution is 2.49. The highest BCUT2D eigenvalue weighted by molar-refractivity contribution is 14.1. The van der Waals surface area contributed by atoms with Crippen LogP contribution in [0.3, 0.4) is 0 Å². The highest BCUT2D eigenvalue weighted by Gasteiger charge is 2.19. The van der Waals surface area contributed by atoms with Crippen LogP contribution in [0, 0.1) is 5.77 Å². The van der Waals surface area contributed by atoms with E-state index in [1.807, 2.05) is 0 Å². The zero-order valence-electron chi connectivity index (χ0n) is 9.54. The maximum atomic E-state index is 5.62. The highest BCUT2D eigenvalue weighted by atomic mass is 127. The monoisotopic (exact) mass is 502 g/mol. The minimum atomic E-state index is 0.966. The molecule has 2 heterocycles. The van der Waals surface area contributed by atoms with E-state index in [0.717, 1.165) is 22.3 Å². The third kappa shape index (κ3) is 1.92. The largest absolute Gasteiger partial charge is 0.495 e. The molecule has 0 radical (unpaired) electrons. The maximum Gasteiger partial charge on any atom is 0.145 e. The third-order valence-corrected chi connectivity index (χ3v) is 6.50. The zero-order valence-corrected chi connectivity index (χ0v) is 15.5. The smallest absolute Gasteiger partial charge is 0.145 e. The Hall–Kier alpha value is 0.200. The Morgan fingerprint density at radius 3 is 1.56 bits per heavy atom. The minimum absolute atomic E-state index is 0.966. The molecule has 94 valence electrons. The van der Waals surface area contributed by atoms with Crippen LogP contribution in [0.2, 0.25) is 0 Å². The van der Waals surface area contributed by atoms with Gasteiger partial charge >= 0.3 is 0 Å². The molecule has 18 heavy (non-hydrogen) atoms. The number of rotatable bonds is 2. The molecule has 0 aliphatic heterocycles. The standard InChI is InChI=1S/C12H8I2O2S2/c1-15-9-5-3-7(13)18-12(5)10(16-2)6-4-8(14)17-11(6)9/h3-4H,1-2H3. The Labute approximate surface area is 140 Å². The van der Waals surface area contributed by atoms with Gasteiger partial charge in [0.05, 0.1) is 29.4 Å². The lowest BCUT2D eigenvalue weighted by atomic mass is 10.2. The first-order valence-corrected chi connectivity index (χ1v) is 8.86. The summed E-state index contributed by atoms with van der Waals surface area (Å²) in [6.45, 7) is 0. The molecule has 2 nitrogen and oxygen atoms in total. The van der Waals surface area contributed by atoms with Gasteiger partial charge in [-0.2, -0.15) is 0 Å². The molecular weight excluding hydrogens is 494 g/mol. The van der Waals surface area contributed by atoms with Crippen LogP contribution in [0.15, 0.2) is 12.1 Å². The fourth-order valence-corrected chi connectivity index (χ4v) is 5.83. The van der Waals surface area contributed by atoms with Gasteiger partial charge < -0.3 is 9.47 Å². The van der Waals surface area contributed by atoms with Crippen molar-refractivity contribution in [3.63, 3.8) is 0 Å². The van der Waals surface area contributed by atoms with Gasteiger partial charge in [-0.05, 0) is 57.3 Å². The summed E-state index contributed by atoms with van der Waals surface area (Å²) < 4.78 is 16.1. The van der Waals surface area contributed by atoms with E-state index in [1.165, 1.54) is 15.2 Å². The first kappa shape index (κ1) is 13.2. The van der Waals surface area contributed by atoms with Gasteiger partial charge in [-0.25, -0.2) is 0 Å². The molecule has 0 fully saturated rings. The quantitative estimate of drug-likeness (QED) is 0.441. The number of hydrogen-bond donors (Lipinski definition) is 0. The zero-order chi connectivity index (χ0) is 12.9. The third-order valence-electron chi connectivity index (χ3n) is 2.71. The van der Waals surface area contributed by atoms with Crippen molar-refractivity contribution in [2.24, 2.45) is 0 Å². The predicted octanol–water partition coefficient (Wildman–Crippen LogP) is 5.34. The van der Waals surface area contributed by atoms with Crippen molar-refractivity contribution in [2.75, 3.05) is 14.2 Å². The van der Waals surface area contributed by atoms with Crippen molar-refractivity contribution in [1.29, 1.82) is 0 Å². The SMILES string of the molecule is COc1c2cc(I)sc2c(OC)c2cc(I)sc12. The van der Waals surface area contributed by atoms with E-state index in [9.17, 15) is 0 Å². The van der Waals surface area contributed by atoms with Gasteiger partial charge in [-0.15, -0.1) is 22.7 Å². The lowest BCUT2D eigenvalue weighted by Gasteiger charge is -2.08. The van der Waals surface area contributed by atoms with Crippen molar-refractivity contribution in [2.45, 2.75) is 0 Å². The molecule has 0 unspecified atom stereocenters. The van der Waals surface area contributed by atoms with Crippen LogP contribution in [0.4, 0.5) is 0 Å². The number of thiophene rings is 2. The van der Waals surface area contributed by atoms with Crippen LogP contribution in [0.1, 0.15) is 0 Å². The molecule has 0 spiro atoms. The van der Waals surface area contributed by atoms with Crippen molar-refractivity contribution < 1.29 is 9.47 Å². The summed E-state index contributed by atoms with van der Waals surface area (Å²) in [6, 6.07) is 4.32. The number of fused-ring (bicyclic) bond motifs is 2. The Morgan fingerprint density at radius 2 is 1.22 bits per heavy atom. The predicted molar refractivity (Wildman–Crippen MR) is 95.7 cm³/mol. The molecule has 0 saturated carbocycles. The lowest BCUT2D eigenvalue weighted by molar-refractivity contribution is 0.419. The van der Waals surface area contributed by atoms with E-state index in [-0.39, 0.29) is 0 Å². The molecular formula is C12H8I2O2S2. The van der Waals surface area contributed by atoms with E-state index < -0.39 is 0 Å². The maximum absolute atomic E-state index is 5.62. The van der Waals surface area contributed by atoms with E-state index in [1.54, 1.807) is 36.9 Å². The molecule has 6 heteroatoms. The molecule has 0 saturated heterocycles. The fourth-order valence-electron chi connectivity index (χ4n) is 2.05. The van der Waals surface area contributed by atoms with Gasteiger partial charge in [0.15, 0.2) is 0 Å². The molecule has 0 amide bonds. The summed E-state index contributed by atoms with van der Waals surface area (Å²) in [4.78, 5) is 0. The van der Waals surface area contributed by atoms with Gasteiger partial charge in [0.25, 0.3) is 0 Å². The lowest BCUT2D eigenvalue weighted by Crippen LogP contribution is -1.88. The second kappa shape index (κ2) is 4.95. The second-order valence-electron chi connectivity index (χ2n) is 3.65. The van der Waals surface area contributed by atoms with Gasteiger partial charge in [-0.3, -0.25) is 0 Å². The van der Waals surface area contributed by atoms with Crippen molar-refractivity contribution in [3.8, 4) is 11.5 Å². The van der Waals surface area contributed by atoms with Gasteiger partial charge in [-0.1, -0.05) is 0 Å². The first-order chi connectivity index (χ1) is 8.65. The van der Waals surface area contributed by atoms with Gasteiger partial charge in [0, 0.05) is 10.8 Å². The number of halogens is 2. The summed E-state index contributed by atoms with van der Waals surface area (Å²) in [5.74, 6) is 1.93. The Morgan fingerprint density at radius 1 is 0.833 bits per heavy atom. The topological polar surface area (TPSA) is 18.5 Å². The molecule has 3 rings (SSSR count). The first-order valence-electron chi connectivity index (χ1n) is 5.07. The molecule has 2 aromatic heterocycles. The Kier molecular flexibility index (Phi) is 3.63. The molecule has 0 N–H and O–H groups in total. The summed E-state index contributed by atoms with van der Waals surface area (Å²) in [5, 5.41) is 2.30. The average Bonchev–Trinajstić information content (AvgIpc) is 2.87. The summed E-state index contributed by atoms with van der Waals surface area (Å²) in [6.07, 6.45) is 0. The van der Waals surface area contributed by atoms with Crippen LogP contribution in [0.25, 0.3) is 20.2 Å². The number of methoxy groups -OCH3 is 2. The average molecular weight is 502 g/mol. The molecule has 0 aliphatic rings. The van der Waals surface area contributed by atoms with Crippen LogP contribution in [0.5, 0.6) is 11.5 Å². The van der Waals surface area contributed by atoms with Crippen LogP contribution >= 0.6 is 67.9 Å². The normalized spacial score (nSPS) is 11.3. The Balaban J connectivity index is 2.58. The molecule has 3 aromatic rings. The summed E-state index contributed by atoms with van der Waals surface area (Å²) in [5.41, 5.74) is 0. The minimum Gasteiger partial charge on any atom is -0.495 e. The van der Waals surface area contributed by atoms with E-state index in [4.69, 9.17) is 9.47 Å². The van der Waals surface area contributed by atoms with Crippen molar-refractivity contribution in [3.05, 3.63) is 17.9 Å². The van der Waals surface area contributed by atoms with Crippen molar-refractivity contribution in [1.82, 2.24) is 0 Å². The molecule has 0 bridgehead atoms. The van der Waals surface area contributed by atoms with E-state index >= 15 is 0 Å². The Bertz CT molecular complexity index is 629. The summed E-state index contributed by atoms with van der Waals surface area (Å²) >= 11 is 8.16.